The van der Waals surface area contributed by atoms with Crippen molar-refractivity contribution in [2.24, 2.45) is 0 Å². The van der Waals surface area contributed by atoms with Crippen LogP contribution in [0.5, 0.6) is 5.75 Å². The van der Waals surface area contributed by atoms with Crippen LogP contribution in [-0.4, -0.2) is 75.1 Å². The Kier molecular flexibility index (Phi) is 9.44. The number of likely N-dealkylation sites (tertiary alicyclic amines) is 1. The number of ether oxygens (including phenoxy) is 1. The van der Waals surface area contributed by atoms with E-state index in [2.05, 4.69) is 41.9 Å². The van der Waals surface area contributed by atoms with Gasteiger partial charge in [0.1, 0.15) is 16.8 Å². The first-order valence-electron chi connectivity index (χ1n) is 16.5. The summed E-state index contributed by atoms with van der Waals surface area (Å²) in [6, 6.07) is 18.5. The van der Waals surface area contributed by atoms with Crippen molar-refractivity contribution in [3.63, 3.8) is 0 Å². The Hall–Kier alpha value is -5.74. The molecule has 0 saturated carbocycles. The minimum Gasteiger partial charge on any atom is -0.497 e. The van der Waals surface area contributed by atoms with Gasteiger partial charge in [0.15, 0.2) is 11.2 Å². The highest BCUT2D eigenvalue weighted by Crippen LogP contribution is 2.27. The van der Waals surface area contributed by atoms with Crippen molar-refractivity contribution in [3.8, 4) is 5.75 Å². The third kappa shape index (κ3) is 7.61. The van der Waals surface area contributed by atoms with E-state index in [0.717, 1.165) is 75.1 Å². The summed E-state index contributed by atoms with van der Waals surface area (Å²) in [6.45, 7) is 4.74. The molecule has 50 heavy (non-hydrogen) atoms. The molecule has 2 aliphatic rings. The van der Waals surface area contributed by atoms with E-state index in [1.165, 1.54) is 30.0 Å². The van der Waals surface area contributed by atoms with E-state index in [1.54, 1.807) is 19.2 Å². The number of benzene rings is 3. The molecule has 16 heteroatoms. The Morgan fingerprint density at radius 3 is 1.96 bits per heavy atom. The molecule has 2 saturated heterocycles. The first-order chi connectivity index (χ1) is 24.3. The predicted octanol–water partition coefficient (Wildman–Crippen LogP) is 6.20. The summed E-state index contributed by atoms with van der Waals surface area (Å²) in [4.78, 5) is 35.3. The van der Waals surface area contributed by atoms with Gasteiger partial charge < -0.3 is 34.5 Å². The largest absolute Gasteiger partial charge is 0.497 e. The maximum Gasteiger partial charge on any atom is 0.295 e. The number of methoxy groups -OCH3 is 1. The van der Waals surface area contributed by atoms with Crippen LogP contribution in [0.1, 0.15) is 31.4 Å². The van der Waals surface area contributed by atoms with E-state index in [1.807, 2.05) is 18.2 Å². The minimum absolute atomic E-state index is 0.0103. The molecule has 0 unspecified atom stereocenters. The van der Waals surface area contributed by atoms with Gasteiger partial charge >= 0.3 is 0 Å². The fourth-order valence-electron chi connectivity index (χ4n) is 6.36. The summed E-state index contributed by atoms with van der Waals surface area (Å²) in [5.41, 5.74) is 4.43. The van der Waals surface area contributed by atoms with Crippen LogP contribution in [-0.2, 0) is 6.54 Å². The van der Waals surface area contributed by atoms with Gasteiger partial charge in [0.25, 0.3) is 23.4 Å². The number of hydrogen-bond acceptors (Lipinski definition) is 13. The van der Waals surface area contributed by atoms with Gasteiger partial charge in [0.2, 0.25) is 0 Å². The third-order valence-electron chi connectivity index (χ3n) is 9.02. The zero-order valence-corrected chi connectivity index (χ0v) is 27.4. The number of nitrogens with zero attached hydrogens (tertiary/aromatic N) is 5. The molecular weight excluding hydrogens is 646 g/mol. The van der Waals surface area contributed by atoms with Gasteiger partial charge in [-0.2, -0.15) is 9.97 Å². The van der Waals surface area contributed by atoms with Gasteiger partial charge in [0, 0.05) is 72.6 Å². The Bertz CT molecular complexity index is 2130. The van der Waals surface area contributed by atoms with E-state index >= 15 is 0 Å². The molecule has 0 aliphatic carbocycles. The van der Waals surface area contributed by atoms with Crippen LogP contribution in [0.15, 0.2) is 69.5 Å². The Morgan fingerprint density at radius 1 is 0.820 bits per heavy atom. The van der Waals surface area contributed by atoms with Crippen LogP contribution in [0.25, 0.3) is 33.1 Å². The molecule has 0 bridgehead atoms. The highest BCUT2D eigenvalue weighted by Gasteiger charge is 2.22. The number of oxazole rings is 2. The van der Waals surface area contributed by atoms with Crippen molar-refractivity contribution in [3.05, 3.63) is 86.6 Å². The van der Waals surface area contributed by atoms with Crippen LogP contribution < -0.4 is 20.7 Å². The van der Waals surface area contributed by atoms with Crippen LogP contribution in [0.3, 0.4) is 0 Å². The van der Waals surface area contributed by atoms with Gasteiger partial charge in [-0.1, -0.05) is 0 Å². The Balaban J connectivity index is 0.000000176. The van der Waals surface area contributed by atoms with Crippen LogP contribution >= 0.6 is 0 Å². The molecule has 0 radical (unpaired) electrons. The summed E-state index contributed by atoms with van der Waals surface area (Å²) in [5, 5.41) is 32.6. The molecular formula is C34H37N9O7. The van der Waals surface area contributed by atoms with E-state index < -0.39 is 9.85 Å². The number of aromatic nitrogens is 3. The van der Waals surface area contributed by atoms with E-state index in [0.29, 0.717) is 40.3 Å². The molecule has 6 aromatic rings. The second kappa shape index (κ2) is 14.4. The maximum atomic E-state index is 10.9. The second-order valence-electron chi connectivity index (χ2n) is 12.5. The number of non-ortho nitro benzene ring substituents is 2. The van der Waals surface area contributed by atoms with Crippen LogP contribution in [0.2, 0.25) is 0 Å². The number of piperidine rings is 2. The topological polar surface area (TPSA) is 203 Å². The summed E-state index contributed by atoms with van der Waals surface area (Å²) in [7, 11) is 1.68. The summed E-state index contributed by atoms with van der Waals surface area (Å²) in [6.07, 6.45) is 3.96. The minimum atomic E-state index is -0.436. The van der Waals surface area contributed by atoms with E-state index in [4.69, 9.17) is 13.6 Å². The monoisotopic (exact) mass is 683 g/mol. The van der Waals surface area contributed by atoms with Gasteiger partial charge in [-0.05, 0) is 75.2 Å². The molecule has 3 aromatic heterocycles. The summed E-state index contributed by atoms with van der Waals surface area (Å²) >= 11 is 0. The van der Waals surface area contributed by atoms with E-state index in [9.17, 15) is 20.2 Å². The molecule has 3 aromatic carbocycles. The van der Waals surface area contributed by atoms with Gasteiger partial charge in [-0.25, -0.2) is 0 Å². The lowest BCUT2D eigenvalue weighted by Gasteiger charge is -2.31. The maximum absolute atomic E-state index is 10.9. The molecule has 0 atom stereocenters. The van der Waals surface area contributed by atoms with Gasteiger partial charge in [-0.3, -0.25) is 25.1 Å². The standard InChI is InChI=1S/C22H23N5O4.C12H14N4O3/c1-30-18-3-4-19-14(11-18)10-16(23-19)13-26-8-6-15(7-9-26)24-22-25-20-12-17(27(28)29)2-5-21(20)31-22;17-16(18)9-1-2-11-10(7-9)15-12(19-11)14-8-3-5-13-6-4-8/h2-5,10-12,15,23H,6-9,13H2,1H3,(H,24,25);1-2,7-8,13H,3-6H2,(H,14,15). The molecule has 8 rings (SSSR count). The van der Waals surface area contributed by atoms with Crippen molar-refractivity contribution < 1.29 is 23.4 Å². The predicted molar refractivity (Wildman–Crippen MR) is 188 cm³/mol. The highest BCUT2D eigenvalue weighted by molar-refractivity contribution is 5.82. The van der Waals surface area contributed by atoms with Gasteiger partial charge in [0.05, 0.1) is 17.0 Å². The quantitative estimate of drug-likeness (QED) is 0.0991. The zero-order valence-electron chi connectivity index (χ0n) is 27.4. The number of nitro groups is 2. The molecule has 4 N–H and O–H groups in total. The smallest absolute Gasteiger partial charge is 0.295 e. The Morgan fingerprint density at radius 2 is 1.40 bits per heavy atom. The molecule has 16 nitrogen and oxygen atoms in total. The number of anilines is 2. The Labute approximate surface area is 285 Å². The lowest BCUT2D eigenvalue weighted by Crippen LogP contribution is -2.38. The second-order valence-corrected chi connectivity index (χ2v) is 12.5. The van der Waals surface area contributed by atoms with Crippen molar-refractivity contribution in [2.45, 2.75) is 44.3 Å². The normalized spacial score (nSPS) is 15.9. The SMILES string of the molecule is COc1ccc2[nH]c(CN3CCC(Nc4nc5cc([N+](=O)[O-])ccc5o4)CC3)cc2c1.O=[N+]([O-])c1ccc2oc(NC3CCNCC3)nc2c1. The van der Waals surface area contributed by atoms with Crippen molar-refractivity contribution in [2.75, 3.05) is 43.9 Å². The first kappa shape index (κ1) is 32.8. The molecule has 260 valence electrons. The number of fused-ring (bicyclic) bond motifs is 3. The van der Waals surface area contributed by atoms with Crippen molar-refractivity contribution in [1.29, 1.82) is 0 Å². The summed E-state index contributed by atoms with van der Waals surface area (Å²) < 4.78 is 16.6. The average molecular weight is 684 g/mol. The van der Waals surface area contributed by atoms with E-state index in [-0.39, 0.29) is 17.4 Å². The number of nitro benzene ring substituents is 2. The molecule has 5 heterocycles. The lowest BCUT2D eigenvalue weighted by molar-refractivity contribution is -0.384. The van der Waals surface area contributed by atoms with Gasteiger partial charge in [-0.15, -0.1) is 0 Å². The highest BCUT2D eigenvalue weighted by atomic mass is 16.6. The third-order valence-corrected chi connectivity index (χ3v) is 9.02. The molecule has 2 aliphatic heterocycles. The molecule has 0 spiro atoms. The van der Waals surface area contributed by atoms with Crippen molar-refractivity contribution in [1.82, 2.24) is 25.2 Å². The lowest BCUT2D eigenvalue weighted by atomic mass is 10.1. The fraction of sp³-hybridized carbons (Fsp3) is 0.353. The van der Waals surface area contributed by atoms with Crippen LogP contribution in [0.4, 0.5) is 23.4 Å². The zero-order chi connectivity index (χ0) is 34.6. The average Bonchev–Trinajstić information content (AvgIpc) is 3.84. The fourth-order valence-corrected chi connectivity index (χ4v) is 6.36. The van der Waals surface area contributed by atoms with Crippen LogP contribution in [0, 0.1) is 20.2 Å². The first-order valence-corrected chi connectivity index (χ1v) is 16.5. The molecule has 2 fully saturated rings. The number of rotatable bonds is 9. The molecule has 0 amide bonds. The van der Waals surface area contributed by atoms with Crippen molar-refractivity contribution >= 4 is 56.5 Å². The summed E-state index contributed by atoms with van der Waals surface area (Å²) in [5.74, 6) is 0.860. The number of aromatic amines is 1. The number of hydrogen-bond donors (Lipinski definition) is 4. The number of nitrogens with one attached hydrogen (secondary N) is 4. The number of H-pyrrole nitrogens is 1.